The molecule has 0 saturated heterocycles. The van der Waals surface area contributed by atoms with Gasteiger partial charge in [0.1, 0.15) is 5.82 Å². The van der Waals surface area contributed by atoms with Crippen LogP contribution in [0.2, 0.25) is 0 Å². The van der Waals surface area contributed by atoms with Gasteiger partial charge in [0.25, 0.3) is 5.91 Å². The number of anilines is 1. The molecule has 2 aromatic heterocycles. The largest absolute Gasteiger partial charge is 0.348 e. The van der Waals surface area contributed by atoms with Crippen LogP contribution < -0.4 is 16.6 Å². The van der Waals surface area contributed by atoms with Crippen molar-refractivity contribution in [3.8, 4) is 0 Å². The molecule has 19 heavy (non-hydrogen) atoms. The van der Waals surface area contributed by atoms with E-state index >= 15 is 0 Å². The summed E-state index contributed by atoms with van der Waals surface area (Å²) in [6, 6.07) is 5.21. The van der Waals surface area contributed by atoms with Crippen LogP contribution in [0.3, 0.4) is 0 Å². The van der Waals surface area contributed by atoms with Gasteiger partial charge in [-0.3, -0.25) is 9.78 Å². The van der Waals surface area contributed by atoms with Crippen molar-refractivity contribution >= 4 is 11.7 Å². The van der Waals surface area contributed by atoms with Gasteiger partial charge in [0.05, 0.1) is 5.56 Å². The Balaban J connectivity index is 1.99. The lowest BCUT2D eigenvalue weighted by molar-refractivity contribution is 0.0950. The summed E-state index contributed by atoms with van der Waals surface area (Å²) >= 11 is 0. The van der Waals surface area contributed by atoms with Crippen LogP contribution in [0, 0.1) is 6.92 Å². The number of pyridine rings is 2. The number of nitrogen functional groups attached to an aromatic ring is 1. The molecule has 0 atom stereocenters. The highest BCUT2D eigenvalue weighted by Crippen LogP contribution is 2.06. The normalized spacial score (nSPS) is 10.0. The summed E-state index contributed by atoms with van der Waals surface area (Å²) in [5.41, 5.74) is 4.98. The summed E-state index contributed by atoms with van der Waals surface area (Å²) in [7, 11) is 0. The molecular weight excluding hydrogens is 242 g/mol. The Morgan fingerprint density at radius 1 is 1.32 bits per heavy atom. The second-order valence-corrected chi connectivity index (χ2v) is 4.06. The molecule has 98 valence electrons. The summed E-state index contributed by atoms with van der Waals surface area (Å²) in [5.74, 6) is 5.54. The number of rotatable bonds is 4. The van der Waals surface area contributed by atoms with Gasteiger partial charge in [-0.1, -0.05) is 0 Å². The molecule has 0 saturated carbocycles. The minimum Gasteiger partial charge on any atom is -0.348 e. The van der Waals surface area contributed by atoms with Crippen molar-refractivity contribution in [2.24, 2.45) is 5.84 Å². The minimum atomic E-state index is -0.181. The van der Waals surface area contributed by atoms with Crippen LogP contribution >= 0.6 is 0 Å². The quantitative estimate of drug-likeness (QED) is 0.561. The van der Waals surface area contributed by atoms with Crippen molar-refractivity contribution in [2.75, 3.05) is 5.43 Å². The lowest BCUT2D eigenvalue weighted by Gasteiger charge is -2.07. The average Bonchev–Trinajstić information content (AvgIpc) is 2.46. The first-order chi connectivity index (χ1) is 9.20. The highest BCUT2D eigenvalue weighted by molar-refractivity contribution is 5.94. The summed E-state index contributed by atoms with van der Waals surface area (Å²) in [6.07, 6.45) is 4.94. The number of nitrogens with two attached hydrogens (primary N) is 1. The number of aryl methyl sites for hydroxylation is 1. The van der Waals surface area contributed by atoms with Crippen LogP contribution in [-0.4, -0.2) is 15.9 Å². The molecule has 0 bridgehead atoms. The lowest BCUT2D eigenvalue weighted by Crippen LogP contribution is -2.23. The average molecular weight is 257 g/mol. The SMILES string of the molecule is Cc1ccncc1CNC(=O)c1ccc(NN)nc1. The molecule has 0 aliphatic heterocycles. The van der Waals surface area contributed by atoms with E-state index in [-0.39, 0.29) is 5.91 Å². The first-order valence-electron chi connectivity index (χ1n) is 5.81. The standard InChI is InChI=1S/C13H15N5O/c1-9-4-5-15-6-11(9)8-17-13(19)10-2-3-12(18-14)16-7-10/h2-7H,8,14H2,1H3,(H,16,18)(H,17,19). The van der Waals surface area contributed by atoms with E-state index in [4.69, 9.17) is 5.84 Å². The van der Waals surface area contributed by atoms with E-state index < -0.39 is 0 Å². The summed E-state index contributed by atoms with van der Waals surface area (Å²) in [4.78, 5) is 19.9. The molecule has 6 heteroatoms. The molecule has 4 N–H and O–H groups in total. The topological polar surface area (TPSA) is 92.9 Å². The van der Waals surface area contributed by atoms with Gasteiger partial charge in [0, 0.05) is 25.1 Å². The Hall–Kier alpha value is -2.47. The molecule has 1 amide bonds. The van der Waals surface area contributed by atoms with Gasteiger partial charge in [0.15, 0.2) is 0 Å². The predicted molar refractivity (Wildman–Crippen MR) is 72.2 cm³/mol. The van der Waals surface area contributed by atoms with Gasteiger partial charge < -0.3 is 10.7 Å². The van der Waals surface area contributed by atoms with Crippen LogP contribution in [-0.2, 0) is 6.54 Å². The van der Waals surface area contributed by atoms with E-state index in [1.54, 1.807) is 24.5 Å². The third-order valence-electron chi connectivity index (χ3n) is 2.76. The molecule has 0 fully saturated rings. The van der Waals surface area contributed by atoms with Gasteiger partial charge >= 0.3 is 0 Å². The fraction of sp³-hybridized carbons (Fsp3) is 0.154. The Kier molecular flexibility index (Phi) is 4.04. The molecule has 0 spiro atoms. The van der Waals surface area contributed by atoms with E-state index in [1.165, 1.54) is 6.20 Å². The van der Waals surface area contributed by atoms with Crippen LogP contribution in [0.5, 0.6) is 0 Å². The number of carbonyl (C=O) groups excluding carboxylic acids is 1. The van der Waals surface area contributed by atoms with Gasteiger partial charge in [-0.05, 0) is 36.2 Å². The maximum absolute atomic E-state index is 11.9. The number of hydrogen-bond acceptors (Lipinski definition) is 5. The Bertz CT molecular complexity index is 568. The van der Waals surface area contributed by atoms with Crippen LogP contribution in [0.1, 0.15) is 21.5 Å². The zero-order valence-electron chi connectivity index (χ0n) is 10.6. The van der Waals surface area contributed by atoms with E-state index in [0.717, 1.165) is 11.1 Å². The fourth-order valence-corrected chi connectivity index (χ4v) is 1.57. The first kappa shape index (κ1) is 13.0. The van der Waals surface area contributed by atoms with Crippen molar-refractivity contribution in [1.82, 2.24) is 15.3 Å². The lowest BCUT2D eigenvalue weighted by atomic mass is 10.1. The van der Waals surface area contributed by atoms with E-state index in [2.05, 4.69) is 20.7 Å². The Morgan fingerprint density at radius 3 is 2.79 bits per heavy atom. The molecule has 0 aliphatic rings. The first-order valence-corrected chi connectivity index (χ1v) is 5.81. The zero-order valence-corrected chi connectivity index (χ0v) is 10.6. The van der Waals surface area contributed by atoms with Gasteiger partial charge in [0.2, 0.25) is 0 Å². The van der Waals surface area contributed by atoms with Crippen molar-refractivity contribution in [3.05, 3.63) is 53.5 Å². The molecule has 0 unspecified atom stereocenters. The van der Waals surface area contributed by atoms with E-state index in [1.807, 2.05) is 13.0 Å². The number of hydrogen-bond donors (Lipinski definition) is 3. The third kappa shape index (κ3) is 3.26. The van der Waals surface area contributed by atoms with Crippen LogP contribution in [0.4, 0.5) is 5.82 Å². The maximum Gasteiger partial charge on any atom is 0.253 e. The second-order valence-electron chi connectivity index (χ2n) is 4.06. The van der Waals surface area contributed by atoms with Gasteiger partial charge in [-0.15, -0.1) is 0 Å². The van der Waals surface area contributed by atoms with Gasteiger partial charge in [-0.25, -0.2) is 10.8 Å². The third-order valence-corrected chi connectivity index (χ3v) is 2.76. The highest BCUT2D eigenvalue weighted by atomic mass is 16.1. The summed E-state index contributed by atoms with van der Waals surface area (Å²) < 4.78 is 0. The molecule has 2 heterocycles. The number of aromatic nitrogens is 2. The van der Waals surface area contributed by atoms with E-state index in [0.29, 0.717) is 17.9 Å². The highest BCUT2D eigenvalue weighted by Gasteiger charge is 2.06. The second kappa shape index (κ2) is 5.92. The van der Waals surface area contributed by atoms with E-state index in [9.17, 15) is 4.79 Å². The number of nitrogens with zero attached hydrogens (tertiary/aromatic N) is 2. The van der Waals surface area contributed by atoms with Crippen LogP contribution in [0.25, 0.3) is 0 Å². The number of amides is 1. The van der Waals surface area contributed by atoms with Crippen molar-refractivity contribution in [2.45, 2.75) is 13.5 Å². The monoisotopic (exact) mass is 257 g/mol. The molecule has 0 aromatic carbocycles. The Morgan fingerprint density at radius 2 is 2.16 bits per heavy atom. The molecule has 2 aromatic rings. The number of nitrogens with one attached hydrogen (secondary N) is 2. The van der Waals surface area contributed by atoms with Crippen molar-refractivity contribution in [1.29, 1.82) is 0 Å². The maximum atomic E-state index is 11.9. The van der Waals surface area contributed by atoms with Gasteiger partial charge in [-0.2, -0.15) is 0 Å². The number of carbonyl (C=O) groups is 1. The Labute approximate surface area is 111 Å². The summed E-state index contributed by atoms with van der Waals surface area (Å²) in [6.45, 7) is 2.42. The molecular formula is C13H15N5O. The smallest absolute Gasteiger partial charge is 0.253 e. The fourth-order valence-electron chi connectivity index (χ4n) is 1.57. The molecule has 0 radical (unpaired) electrons. The molecule has 0 aliphatic carbocycles. The summed E-state index contributed by atoms with van der Waals surface area (Å²) in [5, 5.41) is 2.82. The number of hydrazine groups is 1. The zero-order chi connectivity index (χ0) is 13.7. The van der Waals surface area contributed by atoms with Crippen molar-refractivity contribution < 1.29 is 4.79 Å². The molecule has 6 nitrogen and oxygen atoms in total. The predicted octanol–water partition coefficient (Wildman–Crippen LogP) is 1.00. The molecule has 2 rings (SSSR count). The van der Waals surface area contributed by atoms with Crippen molar-refractivity contribution in [3.63, 3.8) is 0 Å². The minimum absolute atomic E-state index is 0.181. The van der Waals surface area contributed by atoms with Crippen LogP contribution in [0.15, 0.2) is 36.8 Å².